The predicted octanol–water partition coefficient (Wildman–Crippen LogP) is 4.22. The molecule has 0 aliphatic heterocycles. The van der Waals surface area contributed by atoms with Gasteiger partial charge in [0.05, 0.1) is 0 Å². The van der Waals surface area contributed by atoms with Gasteiger partial charge in [-0.3, -0.25) is 0 Å². The molecule has 0 atom stereocenters. The van der Waals surface area contributed by atoms with E-state index in [2.05, 4.69) is 6.92 Å². The van der Waals surface area contributed by atoms with E-state index in [1.165, 1.54) is 25.7 Å². The minimum absolute atomic E-state index is 0. The summed E-state index contributed by atoms with van der Waals surface area (Å²) in [5.74, 6) is 0. The fraction of sp³-hybridized carbons (Fsp3) is 1.00. The molecule has 64 valence electrons. The minimum atomic E-state index is 0. The molecule has 1 saturated carbocycles. The van der Waals surface area contributed by atoms with E-state index in [4.69, 9.17) is 11.6 Å². The van der Waals surface area contributed by atoms with Crippen molar-refractivity contribution in [2.45, 2.75) is 58.8 Å². The largest absolute Gasteiger partial charge is 0.120 e. The van der Waals surface area contributed by atoms with Crippen molar-refractivity contribution in [2.75, 3.05) is 0 Å². The molecule has 1 fully saturated rings. The zero-order chi connectivity index (χ0) is 7.33. The molecule has 0 nitrogen and oxygen atoms in total. The normalized spacial score (nSPS) is 20.4. The van der Waals surface area contributed by atoms with Crippen LogP contribution in [0.4, 0.5) is 0 Å². The Balaban J connectivity index is 0. The van der Waals surface area contributed by atoms with E-state index in [9.17, 15) is 0 Å². The Morgan fingerprint density at radius 3 is 1.50 bits per heavy atom. The molecule has 0 saturated heterocycles. The molecule has 0 N–H and O–H groups in total. The van der Waals surface area contributed by atoms with Gasteiger partial charge in [-0.05, 0) is 19.8 Å². The third-order valence-corrected chi connectivity index (χ3v) is 2.02. The molecule has 1 aliphatic carbocycles. The fourth-order valence-electron chi connectivity index (χ4n) is 1.11. The second kappa shape index (κ2) is 6.03. The van der Waals surface area contributed by atoms with Gasteiger partial charge in [0.25, 0.3) is 0 Å². The van der Waals surface area contributed by atoms with E-state index >= 15 is 0 Å². The summed E-state index contributed by atoms with van der Waals surface area (Å²) in [6, 6.07) is 0. The van der Waals surface area contributed by atoms with Crippen molar-refractivity contribution in [2.24, 2.45) is 0 Å². The summed E-state index contributed by atoms with van der Waals surface area (Å²) in [6.07, 6.45) is 5.10. The smallest absolute Gasteiger partial charge is 0.0418 e. The third kappa shape index (κ3) is 5.10. The molecule has 10 heavy (non-hydrogen) atoms. The van der Waals surface area contributed by atoms with Crippen LogP contribution in [-0.4, -0.2) is 4.87 Å². The topological polar surface area (TPSA) is 0 Å². The Kier molecular flexibility index (Phi) is 7.79. The number of rotatable bonds is 0. The molecular formula is C9H21Cl. The van der Waals surface area contributed by atoms with Crippen LogP contribution in [0.5, 0.6) is 0 Å². The maximum absolute atomic E-state index is 5.97. The van der Waals surface area contributed by atoms with Gasteiger partial charge in [-0.1, -0.05) is 34.1 Å². The van der Waals surface area contributed by atoms with Crippen molar-refractivity contribution in [3.05, 3.63) is 0 Å². The lowest BCUT2D eigenvalue weighted by Gasteiger charge is -2.10. The first-order valence-electron chi connectivity index (χ1n) is 3.90. The average molecular weight is 165 g/mol. The van der Waals surface area contributed by atoms with E-state index < -0.39 is 0 Å². The number of halogens is 1. The van der Waals surface area contributed by atoms with E-state index in [0.29, 0.717) is 0 Å². The van der Waals surface area contributed by atoms with Crippen molar-refractivity contribution in [1.29, 1.82) is 0 Å². The van der Waals surface area contributed by atoms with Crippen LogP contribution in [-0.2, 0) is 0 Å². The quantitative estimate of drug-likeness (QED) is 0.471. The fourth-order valence-corrected chi connectivity index (χ4v) is 1.38. The summed E-state index contributed by atoms with van der Waals surface area (Å²) in [4.78, 5) is 0.167. The lowest BCUT2D eigenvalue weighted by Crippen LogP contribution is -2.07. The maximum atomic E-state index is 5.97. The molecule has 0 heterocycles. The molecule has 1 rings (SSSR count). The van der Waals surface area contributed by atoms with Gasteiger partial charge in [0, 0.05) is 4.87 Å². The van der Waals surface area contributed by atoms with Gasteiger partial charge in [-0.25, -0.2) is 0 Å². The monoisotopic (exact) mass is 164 g/mol. The zero-order valence-corrected chi connectivity index (χ0v) is 7.46. The highest BCUT2D eigenvalue weighted by Gasteiger charge is 2.24. The summed E-state index contributed by atoms with van der Waals surface area (Å²) in [7, 11) is 0. The first kappa shape index (κ1) is 12.9. The van der Waals surface area contributed by atoms with Crippen LogP contribution in [0.2, 0.25) is 0 Å². The van der Waals surface area contributed by atoms with Gasteiger partial charge in [-0.15, -0.1) is 11.6 Å². The molecule has 0 aromatic rings. The van der Waals surface area contributed by atoms with Gasteiger partial charge in [-0.2, -0.15) is 0 Å². The van der Waals surface area contributed by atoms with Crippen molar-refractivity contribution >= 4 is 11.6 Å². The molecule has 0 radical (unpaired) electrons. The Labute approximate surface area is 71.0 Å². The molecule has 0 unspecified atom stereocenters. The molecule has 1 aliphatic rings. The first-order valence-corrected chi connectivity index (χ1v) is 4.27. The van der Waals surface area contributed by atoms with Gasteiger partial charge in [0.2, 0.25) is 0 Å². The zero-order valence-electron chi connectivity index (χ0n) is 6.71. The molecule has 0 amide bonds. The van der Waals surface area contributed by atoms with E-state index in [0.717, 1.165) is 0 Å². The Bertz CT molecular complexity index is 59.1. The third-order valence-electron chi connectivity index (χ3n) is 1.65. The summed E-state index contributed by atoms with van der Waals surface area (Å²) in [5, 5.41) is 0. The van der Waals surface area contributed by atoms with Crippen LogP contribution in [0.25, 0.3) is 0 Å². The number of alkyl halides is 1. The van der Waals surface area contributed by atoms with Gasteiger partial charge in [0.1, 0.15) is 0 Å². The van der Waals surface area contributed by atoms with Crippen LogP contribution < -0.4 is 0 Å². The first-order chi connectivity index (χ1) is 4.21. The summed E-state index contributed by atoms with van der Waals surface area (Å²) < 4.78 is 0. The summed E-state index contributed by atoms with van der Waals surface area (Å²) >= 11 is 5.97. The number of hydrogen-bond donors (Lipinski definition) is 0. The highest BCUT2D eigenvalue weighted by Crippen LogP contribution is 2.34. The minimum Gasteiger partial charge on any atom is -0.120 e. The second-order valence-electron chi connectivity index (χ2n) is 2.62. The number of hydrogen-bond acceptors (Lipinski definition) is 0. The lowest BCUT2D eigenvalue weighted by atomic mass is 10.1. The lowest BCUT2D eigenvalue weighted by molar-refractivity contribution is 0.659. The average Bonchev–Trinajstić information content (AvgIpc) is 2.19. The van der Waals surface area contributed by atoms with Crippen LogP contribution in [0.15, 0.2) is 0 Å². The molecule has 0 bridgehead atoms. The Morgan fingerprint density at radius 1 is 1.10 bits per heavy atom. The van der Waals surface area contributed by atoms with E-state index in [-0.39, 0.29) is 12.3 Å². The van der Waals surface area contributed by atoms with E-state index in [1.807, 2.05) is 13.8 Å². The second-order valence-corrected chi connectivity index (χ2v) is 3.53. The standard InChI is InChI=1S/C6H11Cl.C2H6.CH4/c1-6(7)4-2-3-5-6;1-2;/h2-5H2,1H3;1-2H3;1H4. The van der Waals surface area contributed by atoms with Crippen molar-refractivity contribution < 1.29 is 0 Å². The van der Waals surface area contributed by atoms with Crippen LogP contribution in [0.3, 0.4) is 0 Å². The Hall–Kier alpha value is 0.290. The predicted molar refractivity (Wildman–Crippen MR) is 50.8 cm³/mol. The van der Waals surface area contributed by atoms with Crippen LogP contribution in [0.1, 0.15) is 53.9 Å². The SMILES string of the molecule is C.CC.CC1(Cl)CCCC1. The highest BCUT2D eigenvalue weighted by molar-refractivity contribution is 6.23. The van der Waals surface area contributed by atoms with Gasteiger partial charge in [0.15, 0.2) is 0 Å². The Morgan fingerprint density at radius 2 is 1.40 bits per heavy atom. The molecule has 0 aromatic carbocycles. The van der Waals surface area contributed by atoms with Crippen molar-refractivity contribution in [3.8, 4) is 0 Å². The van der Waals surface area contributed by atoms with Crippen molar-refractivity contribution in [3.63, 3.8) is 0 Å². The summed E-state index contributed by atoms with van der Waals surface area (Å²) in [6.45, 7) is 6.13. The van der Waals surface area contributed by atoms with Gasteiger partial charge < -0.3 is 0 Å². The van der Waals surface area contributed by atoms with Crippen LogP contribution in [0, 0.1) is 0 Å². The summed E-state index contributed by atoms with van der Waals surface area (Å²) in [5.41, 5.74) is 0. The maximum Gasteiger partial charge on any atom is 0.0418 e. The van der Waals surface area contributed by atoms with Crippen LogP contribution >= 0.6 is 11.6 Å². The van der Waals surface area contributed by atoms with E-state index in [1.54, 1.807) is 0 Å². The highest BCUT2D eigenvalue weighted by atomic mass is 35.5. The van der Waals surface area contributed by atoms with Crippen molar-refractivity contribution in [1.82, 2.24) is 0 Å². The van der Waals surface area contributed by atoms with Gasteiger partial charge >= 0.3 is 0 Å². The molecule has 0 spiro atoms. The molecule has 0 aromatic heterocycles. The molecular weight excluding hydrogens is 144 g/mol. The molecule has 1 heteroatoms.